The van der Waals surface area contributed by atoms with Gasteiger partial charge in [0.25, 0.3) is 0 Å². The van der Waals surface area contributed by atoms with Crippen molar-refractivity contribution in [2.75, 3.05) is 20.8 Å². The number of amides is 2. The molecule has 0 aliphatic heterocycles. The maximum atomic E-state index is 12.0. The first kappa shape index (κ1) is 19.1. The zero-order chi connectivity index (χ0) is 18.2. The monoisotopic (exact) mass is 348 g/mol. The van der Waals surface area contributed by atoms with Gasteiger partial charge in [-0.15, -0.1) is 0 Å². The van der Waals surface area contributed by atoms with Crippen LogP contribution in [-0.2, 0) is 16.0 Å². The minimum atomic E-state index is -0.570. The van der Waals surface area contributed by atoms with Gasteiger partial charge in [0.1, 0.15) is 0 Å². The number of methoxy groups -OCH3 is 2. The molecule has 0 saturated heterocycles. The Morgan fingerprint density at radius 3 is 2.36 bits per heavy atom. The number of hydrogen-bond acceptors (Lipinski definition) is 4. The maximum absolute atomic E-state index is 12.0. The van der Waals surface area contributed by atoms with E-state index in [4.69, 9.17) is 9.47 Å². The number of nitrogens with one attached hydrogen (secondary N) is 2. The van der Waals surface area contributed by atoms with E-state index in [1.54, 1.807) is 14.2 Å². The van der Waals surface area contributed by atoms with Gasteiger partial charge in [-0.3, -0.25) is 9.59 Å². The van der Waals surface area contributed by atoms with Crippen LogP contribution >= 0.6 is 0 Å². The maximum Gasteiger partial charge on any atom is 0.309 e. The average molecular weight is 348 g/mol. The zero-order valence-electron chi connectivity index (χ0n) is 15.3. The van der Waals surface area contributed by atoms with Crippen molar-refractivity contribution in [3.05, 3.63) is 23.8 Å². The standard InChI is InChI=1S/C19H28N2O4/c1-13-4-7-15(8-5-13)21-19(23)18(22)20-11-10-14-6-9-16(24-2)17(12-14)25-3/h6,9,12-13,15H,4-5,7-8,10-11H2,1-3H3,(H,20,22)(H,21,23). The lowest BCUT2D eigenvalue weighted by Gasteiger charge is -2.26. The van der Waals surface area contributed by atoms with E-state index in [0.29, 0.717) is 30.4 Å². The van der Waals surface area contributed by atoms with E-state index >= 15 is 0 Å². The second kappa shape index (κ2) is 9.30. The third kappa shape index (κ3) is 5.66. The minimum absolute atomic E-state index is 0.125. The van der Waals surface area contributed by atoms with Crippen LogP contribution in [0.5, 0.6) is 11.5 Å². The SMILES string of the molecule is COc1ccc(CCNC(=O)C(=O)NC2CCC(C)CC2)cc1OC. The van der Waals surface area contributed by atoms with Gasteiger partial charge < -0.3 is 20.1 Å². The molecule has 1 saturated carbocycles. The number of benzene rings is 1. The van der Waals surface area contributed by atoms with E-state index < -0.39 is 11.8 Å². The molecule has 2 rings (SSSR count). The quantitative estimate of drug-likeness (QED) is 0.772. The van der Waals surface area contributed by atoms with Gasteiger partial charge in [0, 0.05) is 12.6 Å². The number of hydrogen-bond donors (Lipinski definition) is 2. The van der Waals surface area contributed by atoms with E-state index in [2.05, 4.69) is 17.6 Å². The molecule has 1 fully saturated rings. The number of ether oxygens (including phenoxy) is 2. The van der Waals surface area contributed by atoms with Gasteiger partial charge in [0.2, 0.25) is 0 Å². The van der Waals surface area contributed by atoms with Gasteiger partial charge >= 0.3 is 11.8 Å². The molecule has 0 atom stereocenters. The summed E-state index contributed by atoms with van der Waals surface area (Å²) in [6.45, 7) is 2.61. The van der Waals surface area contributed by atoms with Crippen molar-refractivity contribution in [1.82, 2.24) is 10.6 Å². The van der Waals surface area contributed by atoms with Crippen molar-refractivity contribution in [2.45, 2.75) is 45.1 Å². The van der Waals surface area contributed by atoms with Crippen LogP contribution in [0.1, 0.15) is 38.2 Å². The molecule has 0 aromatic heterocycles. The van der Waals surface area contributed by atoms with Crippen LogP contribution in [0.25, 0.3) is 0 Å². The van der Waals surface area contributed by atoms with Crippen molar-refractivity contribution in [3.63, 3.8) is 0 Å². The van der Waals surface area contributed by atoms with Crippen LogP contribution in [0.3, 0.4) is 0 Å². The molecular formula is C19H28N2O4. The summed E-state index contributed by atoms with van der Waals surface area (Å²) in [4.78, 5) is 23.9. The van der Waals surface area contributed by atoms with Crippen LogP contribution in [0.2, 0.25) is 0 Å². The minimum Gasteiger partial charge on any atom is -0.493 e. The van der Waals surface area contributed by atoms with Crippen LogP contribution in [0.4, 0.5) is 0 Å². The predicted molar refractivity (Wildman–Crippen MR) is 95.8 cm³/mol. The molecule has 0 bridgehead atoms. The van der Waals surface area contributed by atoms with Gasteiger partial charge in [-0.1, -0.05) is 13.0 Å². The second-order valence-electron chi connectivity index (χ2n) is 6.63. The molecule has 1 aromatic carbocycles. The first-order valence-electron chi connectivity index (χ1n) is 8.83. The molecule has 1 aliphatic rings. The Balaban J connectivity index is 1.75. The Bertz CT molecular complexity index is 595. The smallest absolute Gasteiger partial charge is 0.309 e. The topological polar surface area (TPSA) is 76.7 Å². The molecule has 2 amide bonds. The van der Waals surface area contributed by atoms with Crippen molar-refractivity contribution < 1.29 is 19.1 Å². The normalized spacial score (nSPS) is 19.8. The Labute approximate surface area is 149 Å². The summed E-state index contributed by atoms with van der Waals surface area (Å²) in [5, 5.41) is 5.51. The van der Waals surface area contributed by atoms with E-state index in [9.17, 15) is 9.59 Å². The molecule has 6 heteroatoms. The predicted octanol–water partition coefficient (Wildman–Crippen LogP) is 2.06. The van der Waals surface area contributed by atoms with Crippen molar-refractivity contribution in [1.29, 1.82) is 0 Å². The van der Waals surface area contributed by atoms with Gasteiger partial charge in [0.15, 0.2) is 11.5 Å². The largest absolute Gasteiger partial charge is 0.493 e. The molecule has 1 aromatic rings. The van der Waals surface area contributed by atoms with Crippen molar-refractivity contribution in [3.8, 4) is 11.5 Å². The molecule has 1 aliphatic carbocycles. The fourth-order valence-electron chi connectivity index (χ4n) is 3.09. The highest BCUT2D eigenvalue weighted by Gasteiger charge is 2.22. The molecule has 0 spiro atoms. The first-order valence-corrected chi connectivity index (χ1v) is 8.83. The number of carbonyl (C=O) groups is 2. The molecule has 2 N–H and O–H groups in total. The van der Waals surface area contributed by atoms with Gasteiger partial charge in [0.05, 0.1) is 14.2 Å². The summed E-state index contributed by atoms with van der Waals surface area (Å²) < 4.78 is 10.5. The third-order valence-corrected chi connectivity index (χ3v) is 4.70. The molecule has 0 unspecified atom stereocenters. The summed E-state index contributed by atoms with van der Waals surface area (Å²) in [6, 6.07) is 5.73. The Hall–Kier alpha value is -2.24. The molecule has 25 heavy (non-hydrogen) atoms. The Kier molecular flexibility index (Phi) is 7.10. The summed E-state index contributed by atoms with van der Waals surface area (Å²) in [5.41, 5.74) is 1.000. The van der Waals surface area contributed by atoms with Crippen LogP contribution < -0.4 is 20.1 Å². The highest BCUT2D eigenvalue weighted by molar-refractivity contribution is 6.35. The summed E-state index contributed by atoms with van der Waals surface area (Å²) in [7, 11) is 3.17. The molecular weight excluding hydrogens is 320 g/mol. The Morgan fingerprint density at radius 2 is 1.72 bits per heavy atom. The van der Waals surface area contributed by atoms with E-state index in [1.165, 1.54) is 0 Å². The van der Waals surface area contributed by atoms with Gasteiger partial charge in [-0.25, -0.2) is 0 Å². The summed E-state index contributed by atoms with van der Waals surface area (Å²) in [6.07, 6.45) is 4.72. The Morgan fingerprint density at radius 1 is 1.04 bits per heavy atom. The van der Waals surface area contributed by atoms with Crippen molar-refractivity contribution >= 4 is 11.8 Å². The molecule has 138 valence electrons. The van der Waals surface area contributed by atoms with E-state index in [0.717, 1.165) is 31.2 Å². The molecule has 0 radical (unpaired) electrons. The highest BCUT2D eigenvalue weighted by Crippen LogP contribution is 2.27. The number of carbonyl (C=O) groups excluding carboxylic acids is 2. The lowest BCUT2D eigenvalue weighted by atomic mass is 9.87. The second-order valence-corrected chi connectivity index (χ2v) is 6.63. The summed E-state index contributed by atoms with van der Waals surface area (Å²) in [5.74, 6) is 0.918. The van der Waals surface area contributed by atoms with Gasteiger partial charge in [-0.2, -0.15) is 0 Å². The average Bonchev–Trinajstić information content (AvgIpc) is 2.63. The van der Waals surface area contributed by atoms with Crippen LogP contribution in [0.15, 0.2) is 18.2 Å². The van der Waals surface area contributed by atoms with Crippen LogP contribution in [-0.4, -0.2) is 38.6 Å². The molecule has 6 nitrogen and oxygen atoms in total. The molecule has 0 heterocycles. The fraction of sp³-hybridized carbons (Fsp3) is 0.579. The van der Waals surface area contributed by atoms with E-state index in [1.807, 2.05) is 18.2 Å². The fourth-order valence-corrected chi connectivity index (χ4v) is 3.09. The van der Waals surface area contributed by atoms with E-state index in [-0.39, 0.29) is 6.04 Å². The van der Waals surface area contributed by atoms with Crippen LogP contribution in [0, 0.1) is 5.92 Å². The first-order chi connectivity index (χ1) is 12.0. The third-order valence-electron chi connectivity index (χ3n) is 4.70. The van der Waals surface area contributed by atoms with Gasteiger partial charge in [-0.05, 0) is 55.7 Å². The zero-order valence-corrected chi connectivity index (χ0v) is 15.3. The lowest BCUT2D eigenvalue weighted by molar-refractivity contribution is -0.139. The highest BCUT2D eigenvalue weighted by atomic mass is 16.5. The number of rotatable bonds is 6. The lowest BCUT2D eigenvalue weighted by Crippen LogP contribution is -2.46. The van der Waals surface area contributed by atoms with Crippen molar-refractivity contribution in [2.24, 2.45) is 5.92 Å². The summed E-state index contributed by atoms with van der Waals surface area (Å²) >= 11 is 0.